The minimum Gasteiger partial charge on any atom is -0.147 e. The van der Waals surface area contributed by atoms with Crippen LogP contribution in [0, 0.1) is 0 Å². The standard InChI is InChI=1S/CH4.4ClH.H4Si/h1H4;4*1H;1H4. The van der Waals surface area contributed by atoms with Gasteiger partial charge in [0.05, 0.1) is 0 Å². The molecule has 0 unspecified atom stereocenters. The molecule has 0 amide bonds. The molecular formula is CH12Cl4Si. The van der Waals surface area contributed by atoms with Crippen LogP contribution in [-0.2, 0) is 0 Å². The summed E-state index contributed by atoms with van der Waals surface area (Å²) >= 11 is 0. The molecular weight excluding hydrogens is 182 g/mol. The lowest BCUT2D eigenvalue weighted by molar-refractivity contribution is 2.50. The molecule has 0 radical (unpaired) electrons. The van der Waals surface area contributed by atoms with E-state index in [1.165, 1.54) is 0 Å². The highest BCUT2D eigenvalue weighted by molar-refractivity contribution is 5.86. The monoisotopic (exact) mass is 192 g/mol. The number of halogens is 4. The highest BCUT2D eigenvalue weighted by Gasteiger charge is -0.0148. The first-order valence-electron chi connectivity index (χ1n) is 0. The van der Waals surface area contributed by atoms with Gasteiger partial charge in [0, 0.05) is 0 Å². The Hall–Kier alpha value is 1.38. The summed E-state index contributed by atoms with van der Waals surface area (Å²) in [6, 6.07) is 0. The molecule has 5 heteroatoms. The van der Waals surface area contributed by atoms with E-state index in [4.69, 9.17) is 0 Å². The molecule has 0 rings (SSSR count). The highest BCUT2D eigenvalue weighted by Crippen LogP contribution is 0.693. The molecule has 0 bridgehead atoms. The summed E-state index contributed by atoms with van der Waals surface area (Å²) in [6.07, 6.45) is 0. The van der Waals surface area contributed by atoms with Gasteiger partial charge in [-0.25, -0.2) is 0 Å². The summed E-state index contributed by atoms with van der Waals surface area (Å²) in [5.74, 6) is 0. The number of hydrogen-bond acceptors (Lipinski definition) is 0. The lowest BCUT2D eigenvalue weighted by Gasteiger charge is -0.148. The van der Waals surface area contributed by atoms with Crippen molar-refractivity contribution >= 4 is 60.6 Å². The fourth-order valence-electron chi connectivity index (χ4n) is 0. The molecule has 0 aliphatic rings. The summed E-state index contributed by atoms with van der Waals surface area (Å²) in [4.78, 5) is 0. The maximum atomic E-state index is 0. The fraction of sp³-hybridized carbons (Fsp3) is 1.00. The van der Waals surface area contributed by atoms with Gasteiger partial charge in [-0.15, -0.1) is 49.6 Å². The van der Waals surface area contributed by atoms with Crippen molar-refractivity contribution in [2.24, 2.45) is 0 Å². The van der Waals surface area contributed by atoms with Crippen molar-refractivity contribution in [2.45, 2.75) is 7.43 Å². The van der Waals surface area contributed by atoms with E-state index in [2.05, 4.69) is 0 Å². The van der Waals surface area contributed by atoms with Gasteiger partial charge < -0.3 is 0 Å². The van der Waals surface area contributed by atoms with E-state index in [-0.39, 0.29) is 68.0 Å². The van der Waals surface area contributed by atoms with Gasteiger partial charge in [-0.3, -0.25) is 0 Å². The van der Waals surface area contributed by atoms with E-state index in [1.807, 2.05) is 0 Å². The molecule has 0 fully saturated rings. The summed E-state index contributed by atoms with van der Waals surface area (Å²) < 4.78 is 0. The van der Waals surface area contributed by atoms with Crippen molar-refractivity contribution in [3.05, 3.63) is 0 Å². The Bertz CT molecular complexity index is 7.51. The van der Waals surface area contributed by atoms with Gasteiger partial charge in [-0.05, 0) is 11.0 Å². The SMILES string of the molecule is C.Cl.Cl.Cl.Cl.[SiH4]. The van der Waals surface area contributed by atoms with Crippen LogP contribution < -0.4 is 0 Å². The number of hydrogen-bond donors (Lipinski definition) is 0. The third kappa shape index (κ3) is 54.3. The Balaban J connectivity index is 0. The quantitative estimate of drug-likeness (QED) is 0.502. The van der Waals surface area contributed by atoms with Crippen LogP contribution in [0.25, 0.3) is 0 Å². The van der Waals surface area contributed by atoms with Gasteiger partial charge in [-0.2, -0.15) is 0 Å². The zero-order valence-electron chi connectivity index (χ0n) is 1.63. The average Bonchev–Trinajstić information content (AvgIpc) is 0. The normalized spacial score (nSPS) is 0. The fourth-order valence-corrected chi connectivity index (χ4v) is 0. The van der Waals surface area contributed by atoms with Crippen molar-refractivity contribution in [3.63, 3.8) is 0 Å². The van der Waals surface area contributed by atoms with Gasteiger partial charge in [0.15, 0.2) is 0 Å². The zero-order chi connectivity index (χ0) is 0. The Labute approximate surface area is 68.1 Å². The second-order valence-electron chi connectivity index (χ2n) is 0. The van der Waals surface area contributed by atoms with Crippen LogP contribution >= 0.6 is 49.6 Å². The zero-order valence-corrected chi connectivity index (χ0v) is 4.90. The molecule has 0 atom stereocenters. The van der Waals surface area contributed by atoms with Gasteiger partial charge >= 0.3 is 0 Å². The molecule has 0 nitrogen and oxygen atoms in total. The molecule has 0 heterocycles. The molecule has 0 aromatic rings. The van der Waals surface area contributed by atoms with Crippen LogP contribution in [0.3, 0.4) is 0 Å². The summed E-state index contributed by atoms with van der Waals surface area (Å²) in [7, 11) is 0. The third-order valence-corrected chi connectivity index (χ3v) is 0. The van der Waals surface area contributed by atoms with E-state index >= 15 is 0 Å². The van der Waals surface area contributed by atoms with Crippen LogP contribution in [-0.4, -0.2) is 11.0 Å². The highest BCUT2D eigenvalue weighted by atomic mass is 35.5. The first kappa shape index (κ1) is 158. The Morgan fingerprint density at radius 2 is 0.500 bits per heavy atom. The maximum absolute atomic E-state index is 0. The Morgan fingerprint density at radius 3 is 0.500 bits per heavy atom. The molecule has 0 saturated carbocycles. The molecule has 0 aliphatic heterocycles. The van der Waals surface area contributed by atoms with E-state index in [0.717, 1.165) is 0 Å². The minimum atomic E-state index is 0. The lowest BCUT2D eigenvalue weighted by atomic mass is 12.0. The molecule has 0 aliphatic carbocycles. The summed E-state index contributed by atoms with van der Waals surface area (Å²) in [6.45, 7) is 0. The number of rotatable bonds is 0. The maximum Gasteiger partial charge on any atom is -0.0149 e. The van der Waals surface area contributed by atoms with Crippen molar-refractivity contribution in [2.75, 3.05) is 0 Å². The largest absolute Gasteiger partial charge is 0.147 e. The van der Waals surface area contributed by atoms with E-state index in [9.17, 15) is 0 Å². The van der Waals surface area contributed by atoms with E-state index in [0.29, 0.717) is 0 Å². The molecule has 0 N–H and O–H groups in total. The van der Waals surface area contributed by atoms with Crippen LogP contribution in [0.1, 0.15) is 7.43 Å². The van der Waals surface area contributed by atoms with Gasteiger partial charge in [0.1, 0.15) is 0 Å². The van der Waals surface area contributed by atoms with E-state index in [1.54, 1.807) is 0 Å². The first-order chi connectivity index (χ1) is 0. The first-order valence-corrected chi connectivity index (χ1v) is 0. The average molecular weight is 194 g/mol. The van der Waals surface area contributed by atoms with Crippen molar-refractivity contribution in [3.8, 4) is 0 Å². The van der Waals surface area contributed by atoms with Crippen LogP contribution in [0.2, 0.25) is 0 Å². The van der Waals surface area contributed by atoms with Crippen molar-refractivity contribution < 1.29 is 0 Å². The Morgan fingerprint density at radius 1 is 0.500 bits per heavy atom. The lowest BCUT2D eigenvalue weighted by Crippen LogP contribution is -0.381. The van der Waals surface area contributed by atoms with Crippen LogP contribution in [0.15, 0.2) is 0 Å². The summed E-state index contributed by atoms with van der Waals surface area (Å²) in [5, 5.41) is 0. The van der Waals surface area contributed by atoms with Gasteiger partial charge in [0.2, 0.25) is 0 Å². The van der Waals surface area contributed by atoms with Crippen LogP contribution in [0.5, 0.6) is 0 Å². The minimum absolute atomic E-state index is 0. The van der Waals surface area contributed by atoms with Crippen molar-refractivity contribution in [1.29, 1.82) is 0 Å². The second-order valence-corrected chi connectivity index (χ2v) is 0. The van der Waals surface area contributed by atoms with Gasteiger partial charge in [-0.1, -0.05) is 7.43 Å². The molecule has 48 valence electrons. The van der Waals surface area contributed by atoms with Crippen molar-refractivity contribution in [1.82, 2.24) is 0 Å². The smallest absolute Gasteiger partial charge is 0.0149 e. The predicted octanol–water partition coefficient (Wildman–Crippen LogP) is 0.872. The van der Waals surface area contributed by atoms with Gasteiger partial charge in [0.25, 0.3) is 0 Å². The summed E-state index contributed by atoms with van der Waals surface area (Å²) in [5.41, 5.74) is 0. The third-order valence-electron chi connectivity index (χ3n) is 0. The predicted molar refractivity (Wildman–Crippen MR) is 47.1 cm³/mol. The Kier molecular flexibility index (Phi) is 2560. The molecule has 0 aromatic carbocycles. The van der Waals surface area contributed by atoms with Crippen LogP contribution in [0.4, 0.5) is 0 Å². The van der Waals surface area contributed by atoms with E-state index < -0.39 is 0 Å². The molecule has 6 heavy (non-hydrogen) atoms. The molecule has 0 spiro atoms. The molecule has 0 aromatic heterocycles. The second kappa shape index (κ2) is 97.2. The topological polar surface area (TPSA) is 0 Å². The molecule has 0 saturated heterocycles.